The van der Waals surface area contributed by atoms with Gasteiger partial charge in [0.05, 0.1) is 15.7 Å². The zero-order chi connectivity index (χ0) is 21.3. The van der Waals surface area contributed by atoms with Crippen molar-refractivity contribution in [3.05, 3.63) is 98.5 Å². The van der Waals surface area contributed by atoms with E-state index in [1.165, 1.54) is 11.8 Å². The van der Waals surface area contributed by atoms with Crippen LogP contribution in [0.1, 0.15) is 0 Å². The number of hydrogen-bond acceptors (Lipinski definition) is 4. The smallest absolute Gasteiger partial charge is 0.283 e. The Hall–Kier alpha value is -2.44. The summed E-state index contributed by atoms with van der Waals surface area (Å²) in [7, 11) is 0. The fraction of sp³-hybridized carbons (Fsp3) is 0. The highest BCUT2D eigenvalue weighted by Crippen LogP contribution is 2.38. The van der Waals surface area contributed by atoms with Crippen molar-refractivity contribution in [2.24, 2.45) is 0 Å². The second-order valence-electron chi connectivity index (χ2n) is 6.30. The molecular weight excluding hydrogens is 463 g/mol. The van der Waals surface area contributed by atoms with E-state index in [1.807, 2.05) is 30.3 Å². The summed E-state index contributed by atoms with van der Waals surface area (Å²) < 4.78 is 0. The van der Waals surface area contributed by atoms with Crippen molar-refractivity contribution in [3.8, 4) is 0 Å². The molecule has 4 nitrogen and oxygen atoms in total. The fourth-order valence-corrected chi connectivity index (χ4v) is 4.32. The molecule has 0 bridgehead atoms. The monoisotopic (exact) mass is 474 g/mol. The first-order chi connectivity index (χ1) is 14.4. The van der Waals surface area contributed by atoms with Crippen LogP contribution in [0.3, 0.4) is 0 Å². The molecular formula is C22H13Cl3N2O2S. The minimum atomic E-state index is -0.480. The summed E-state index contributed by atoms with van der Waals surface area (Å²) in [6, 6.07) is 20.9. The van der Waals surface area contributed by atoms with Crippen LogP contribution in [-0.4, -0.2) is 11.8 Å². The molecule has 1 aliphatic rings. The van der Waals surface area contributed by atoms with E-state index in [9.17, 15) is 9.59 Å². The number of rotatable bonds is 5. The second-order valence-corrected chi connectivity index (χ2v) is 8.63. The number of hydrogen-bond donors (Lipinski definition) is 1. The van der Waals surface area contributed by atoms with Gasteiger partial charge in [-0.3, -0.25) is 9.59 Å². The van der Waals surface area contributed by atoms with E-state index >= 15 is 0 Å². The minimum absolute atomic E-state index is 0.159. The van der Waals surface area contributed by atoms with Gasteiger partial charge in [-0.1, -0.05) is 70.8 Å². The van der Waals surface area contributed by atoms with Crippen molar-refractivity contribution in [1.82, 2.24) is 0 Å². The largest absolute Gasteiger partial charge is 0.350 e. The molecule has 2 amide bonds. The van der Waals surface area contributed by atoms with Gasteiger partial charge in [-0.15, -0.1) is 0 Å². The lowest BCUT2D eigenvalue weighted by Gasteiger charge is -2.15. The topological polar surface area (TPSA) is 49.4 Å². The van der Waals surface area contributed by atoms with Gasteiger partial charge >= 0.3 is 0 Å². The second kappa shape index (κ2) is 8.74. The third kappa shape index (κ3) is 4.20. The quantitative estimate of drug-likeness (QED) is 0.420. The molecule has 30 heavy (non-hydrogen) atoms. The van der Waals surface area contributed by atoms with Gasteiger partial charge in [0.1, 0.15) is 10.6 Å². The van der Waals surface area contributed by atoms with E-state index in [4.69, 9.17) is 34.8 Å². The Labute approximate surface area is 192 Å². The van der Waals surface area contributed by atoms with Crippen molar-refractivity contribution in [1.29, 1.82) is 0 Å². The SMILES string of the molecule is O=C1C(Nc2ccc(Cl)c(Cl)c2)=C(Sc2ccccc2)C(=O)N1c1cccc(Cl)c1. The summed E-state index contributed by atoms with van der Waals surface area (Å²) in [6.45, 7) is 0. The number of carbonyl (C=O) groups is 2. The maximum Gasteiger partial charge on any atom is 0.283 e. The number of imide groups is 1. The summed E-state index contributed by atoms with van der Waals surface area (Å²) in [5, 5.41) is 4.20. The predicted octanol–water partition coefficient (Wildman–Crippen LogP) is 6.64. The first kappa shape index (κ1) is 20.8. The van der Waals surface area contributed by atoms with Crippen LogP contribution in [0.2, 0.25) is 15.1 Å². The van der Waals surface area contributed by atoms with Gasteiger partial charge in [-0.05, 0) is 48.5 Å². The summed E-state index contributed by atoms with van der Waals surface area (Å²) in [6.07, 6.45) is 0. The van der Waals surface area contributed by atoms with Crippen LogP contribution < -0.4 is 10.2 Å². The Morgan fingerprint density at radius 3 is 2.23 bits per heavy atom. The number of carbonyl (C=O) groups excluding carboxylic acids is 2. The van der Waals surface area contributed by atoms with Crippen molar-refractivity contribution in [2.75, 3.05) is 10.2 Å². The van der Waals surface area contributed by atoms with E-state index in [0.29, 0.717) is 26.4 Å². The van der Waals surface area contributed by atoms with E-state index in [2.05, 4.69) is 5.32 Å². The van der Waals surface area contributed by atoms with Crippen molar-refractivity contribution < 1.29 is 9.59 Å². The molecule has 0 aromatic heterocycles. The lowest BCUT2D eigenvalue weighted by Crippen LogP contribution is -2.32. The number of nitrogens with one attached hydrogen (secondary N) is 1. The summed E-state index contributed by atoms with van der Waals surface area (Å²) in [4.78, 5) is 28.7. The summed E-state index contributed by atoms with van der Waals surface area (Å²) in [5.74, 6) is -0.912. The van der Waals surface area contributed by atoms with Gasteiger partial charge < -0.3 is 5.32 Å². The van der Waals surface area contributed by atoms with Gasteiger partial charge in [-0.25, -0.2) is 4.90 Å². The maximum absolute atomic E-state index is 13.3. The van der Waals surface area contributed by atoms with Crippen LogP contribution in [0, 0.1) is 0 Å². The molecule has 0 radical (unpaired) electrons. The Balaban J connectivity index is 1.76. The highest BCUT2D eigenvalue weighted by atomic mass is 35.5. The van der Waals surface area contributed by atoms with Gasteiger partial charge in [0.15, 0.2) is 0 Å². The Kier molecular flexibility index (Phi) is 6.06. The lowest BCUT2D eigenvalue weighted by atomic mass is 10.3. The average Bonchev–Trinajstić information content (AvgIpc) is 2.95. The number of thioether (sulfide) groups is 1. The van der Waals surface area contributed by atoms with Crippen LogP contribution in [0.4, 0.5) is 11.4 Å². The molecule has 4 rings (SSSR count). The Bertz CT molecular complexity index is 1180. The van der Waals surface area contributed by atoms with Crippen molar-refractivity contribution in [3.63, 3.8) is 0 Å². The normalized spacial score (nSPS) is 13.9. The van der Waals surface area contributed by atoms with Crippen LogP contribution >= 0.6 is 46.6 Å². The molecule has 0 spiro atoms. The predicted molar refractivity (Wildman–Crippen MR) is 123 cm³/mol. The highest BCUT2D eigenvalue weighted by molar-refractivity contribution is 8.04. The number of halogens is 3. The molecule has 8 heteroatoms. The van der Waals surface area contributed by atoms with Gasteiger partial charge in [0.2, 0.25) is 0 Å². The third-order valence-electron chi connectivity index (χ3n) is 4.26. The van der Waals surface area contributed by atoms with Crippen LogP contribution in [0.25, 0.3) is 0 Å². The number of amides is 2. The van der Waals surface area contributed by atoms with Crippen LogP contribution in [-0.2, 0) is 9.59 Å². The first-order valence-electron chi connectivity index (χ1n) is 8.77. The number of nitrogens with zero attached hydrogens (tertiary/aromatic N) is 1. The molecule has 1 heterocycles. The third-order valence-corrected chi connectivity index (χ3v) is 6.32. The fourth-order valence-electron chi connectivity index (χ4n) is 2.89. The Morgan fingerprint density at radius 1 is 0.767 bits per heavy atom. The van der Waals surface area contributed by atoms with Gasteiger partial charge in [0.25, 0.3) is 11.8 Å². The average molecular weight is 476 g/mol. The molecule has 1 N–H and O–H groups in total. The van der Waals surface area contributed by atoms with E-state index < -0.39 is 11.8 Å². The molecule has 3 aromatic carbocycles. The molecule has 0 aliphatic carbocycles. The molecule has 0 fully saturated rings. The molecule has 0 saturated heterocycles. The summed E-state index contributed by atoms with van der Waals surface area (Å²) in [5.41, 5.74) is 1.10. The minimum Gasteiger partial charge on any atom is -0.350 e. The van der Waals surface area contributed by atoms with E-state index in [-0.39, 0.29) is 10.6 Å². The molecule has 0 unspecified atom stereocenters. The Morgan fingerprint density at radius 2 is 1.53 bits per heavy atom. The molecule has 3 aromatic rings. The van der Waals surface area contributed by atoms with Gasteiger partial charge in [-0.2, -0.15) is 0 Å². The molecule has 1 aliphatic heterocycles. The van der Waals surface area contributed by atoms with Crippen LogP contribution in [0.15, 0.2) is 88.3 Å². The van der Waals surface area contributed by atoms with Gasteiger partial charge in [0, 0.05) is 15.6 Å². The first-order valence-corrected chi connectivity index (χ1v) is 10.7. The van der Waals surface area contributed by atoms with E-state index in [0.717, 1.165) is 9.80 Å². The van der Waals surface area contributed by atoms with Crippen molar-refractivity contribution in [2.45, 2.75) is 4.90 Å². The number of anilines is 2. The lowest BCUT2D eigenvalue weighted by molar-refractivity contribution is -0.120. The van der Waals surface area contributed by atoms with E-state index in [1.54, 1.807) is 42.5 Å². The van der Waals surface area contributed by atoms with Crippen molar-refractivity contribution >= 4 is 69.8 Å². The van der Waals surface area contributed by atoms with Crippen LogP contribution in [0.5, 0.6) is 0 Å². The zero-order valence-corrected chi connectivity index (χ0v) is 18.3. The summed E-state index contributed by atoms with van der Waals surface area (Å²) >= 11 is 19.4. The zero-order valence-electron chi connectivity index (χ0n) is 15.2. The molecule has 0 atom stereocenters. The maximum atomic E-state index is 13.3. The number of benzene rings is 3. The molecule has 0 saturated carbocycles. The standard InChI is InChI=1S/C22H13Cl3N2O2S/c23-13-5-4-6-15(11-13)27-21(28)19(26-14-9-10-17(24)18(25)12-14)20(22(27)29)30-16-7-2-1-3-8-16/h1-12,26H. The molecule has 150 valence electrons. The highest BCUT2D eigenvalue weighted by Gasteiger charge is 2.40.